The Morgan fingerprint density at radius 1 is 1.23 bits per heavy atom. The fourth-order valence-electron chi connectivity index (χ4n) is 3.13. The van der Waals surface area contributed by atoms with Gasteiger partial charge in [-0.3, -0.25) is 9.59 Å². The Balaban J connectivity index is 1.68. The van der Waals surface area contributed by atoms with E-state index >= 15 is 0 Å². The van der Waals surface area contributed by atoms with Crippen LogP contribution in [0, 0.1) is 0 Å². The van der Waals surface area contributed by atoms with Gasteiger partial charge in [0.15, 0.2) is 6.61 Å². The molecule has 0 radical (unpaired) electrons. The van der Waals surface area contributed by atoms with Gasteiger partial charge < -0.3 is 15.0 Å². The van der Waals surface area contributed by atoms with E-state index in [-0.39, 0.29) is 24.6 Å². The van der Waals surface area contributed by atoms with Gasteiger partial charge >= 0.3 is 6.18 Å². The summed E-state index contributed by atoms with van der Waals surface area (Å²) in [5, 5.41) is 2.10. The molecule has 1 N–H and O–H groups in total. The van der Waals surface area contributed by atoms with Gasteiger partial charge in [-0.05, 0) is 41.5 Å². The van der Waals surface area contributed by atoms with Crippen LogP contribution in [-0.2, 0) is 22.3 Å². The van der Waals surface area contributed by atoms with Gasteiger partial charge in [0, 0.05) is 0 Å². The fourth-order valence-corrected chi connectivity index (χ4v) is 4.39. The minimum absolute atomic E-state index is 0.102. The molecule has 0 saturated carbocycles. The first-order valence-electron chi connectivity index (χ1n) is 8.79. The second-order valence-corrected chi connectivity index (χ2v) is 8.79. The summed E-state index contributed by atoms with van der Waals surface area (Å²) in [4.78, 5) is 26.1. The summed E-state index contributed by atoms with van der Waals surface area (Å²) in [6.45, 7) is -0.339. The van der Waals surface area contributed by atoms with Crippen molar-refractivity contribution in [1.29, 1.82) is 0 Å². The van der Waals surface area contributed by atoms with Gasteiger partial charge in [0.1, 0.15) is 10.1 Å². The summed E-state index contributed by atoms with van der Waals surface area (Å²) in [5.74, 6) is -0.321. The topological polar surface area (TPSA) is 58.6 Å². The first-order valence-corrected chi connectivity index (χ1v) is 10.4. The quantitative estimate of drug-likeness (QED) is 0.502. The Kier molecular flexibility index (Phi) is 5.71. The number of nitrogens with one attached hydrogen (secondary N) is 1. The van der Waals surface area contributed by atoms with E-state index in [2.05, 4.69) is 5.32 Å². The number of amides is 2. The van der Waals surface area contributed by atoms with Gasteiger partial charge in [-0.25, -0.2) is 0 Å². The second kappa shape index (κ2) is 8.18. The average Bonchev–Trinajstić information content (AvgIpc) is 3.01. The zero-order valence-corrected chi connectivity index (χ0v) is 17.8. The highest BCUT2D eigenvalue weighted by atomic mass is 35.5. The Labute approximate surface area is 189 Å². The van der Waals surface area contributed by atoms with Crippen molar-refractivity contribution in [1.82, 2.24) is 5.32 Å². The van der Waals surface area contributed by atoms with Gasteiger partial charge in [0.05, 0.1) is 27.7 Å². The Hall–Kier alpha value is -2.56. The van der Waals surface area contributed by atoms with Crippen LogP contribution in [0.2, 0.25) is 5.02 Å². The molecular weight excluding hydrogens is 473 g/mol. The van der Waals surface area contributed by atoms with Crippen LogP contribution >= 0.6 is 35.6 Å². The molecule has 0 aromatic heterocycles. The van der Waals surface area contributed by atoms with Gasteiger partial charge in [0.25, 0.3) is 11.8 Å². The summed E-state index contributed by atoms with van der Waals surface area (Å²) < 4.78 is 45.4. The number of fused-ring (bicyclic) bond motifs is 1. The Morgan fingerprint density at radius 2 is 2.00 bits per heavy atom. The van der Waals surface area contributed by atoms with Crippen LogP contribution in [0.25, 0.3) is 6.08 Å². The van der Waals surface area contributed by atoms with Gasteiger partial charge in [-0.15, -0.1) is 0 Å². The van der Waals surface area contributed by atoms with Crippen LogP contribution in [0.15, 0.2) is 41.3 Å². The number of rotatable bonds is 3. The zero-order valence-electron chi connectivity index (χ0n) is 15.5. The number of hydrogen-bond acceptors (Lipinski definition) is 5. The maximum absolute atomic E-state index is 13.2. The van der Waals surface area contributed by atoms with E-state index in [1.54, 1.807) is 24.3 Å². The van der Waals surface area contributed by atoms with Crippen molar-refractivity contribution in [3.8, 4) is 5.75 Å². The maximum Gasteiger partial charge on any atom is 0.417 e. The fraction of sp³-hybridized carbons (Fsp3) is 0.150. The van der Waals surface area contributed by atoms with Crippen LogP contribution in [0.4, 0.5) is 18.9 Å². The highest BCUT2D eigenvalue weighted by Gasteiger charge is 2.34. The summed E-state index contributed by atoms with van der Waals surface area (Å²) >= 11 is 11.8. The number of anilines is 1. The molecule has 0 bridgehead atoms. The van der Waals surface area contributed by atoms with Crippen molar-refractivity contribution in [2.45, 2.75) is 12.7 Å². The molecule has 1 saturated heterocycles. The van der Waals surface area contributed by atoms with Crippen LogP contribution in [0.3, 0.4) is 0 Å². The van der Waals surface area contributed by atoms with Gasteiger partial charge in [0.2, 0.25) is 0 Å². The number of thiocarbonyl (C=S) groups is 1. The predicted octanol–water partition coefficient (Wildman–Crippen LogP) is 4.77. The number of thioether (sulfide) groups is 1. The molecule has 31 heavy (non-hydrogen) atoms. The minimum Gasteiger partial charge on any atom is -0.482 e. The third-order valence-electron chi connectivity index (χ3n) is 4.54. The van der Waals surface area contributed by atoms with E-state index in [1.807, 2.05) is 0 Å². The molecule has 2 aliphatic rings. The van der Waals surface area contributed by atoms with Crippen molar-refractivity contribution in [2.75, 3.05) is 11.5 Å². The molecule has 1 fully saturated rings. The standard InChI is InChI=1S/C20H12ClF3N2O3S2/c21-13-3-1-11(5-12(13)20(22,23)24)8-26-14-6-10(2-4-15(14)29-9-17(26)27)7-16-18(28)25-19(30)31-16/h1-7H,8-9H2,(H,25,28,30). The van der Waals surface area contributed by atoms with Gasteiger partial charge in [-0.1, -0.05) is 47.7 Å². The molecule has 2 aromatic carbocycles. The van der Waals surface area contributed by atoms with E-state index in [0.29, 0.717) is 26.2 Å². The lowest BCUT2D eigenvalue weighted by Gasteiger charge is -2.30. The molecule has 0 atom stereocenters. The first kappa shape index (κ1) is 21.7. The molecule has 0 spiro atoms. The molecule has 2 aliphatic heterocycles. The third-order valence-corrected chi connectivity index (χ3v) is 6.03. The number of ether oxygens (including phenoxy) is 1. The summed E-state index contributed by atoms with van der Waals surface area (Å²) in [6.07, 6.45) is -3.00. The summed E-state index contributed by atoms with van der Waals surface area (Å²) in [7, 11) is 0. The third kappa shape index (κ3) is 4.56. The van der Waals surface area contributed by atoms with Crippen molar-refractivity contribution in [3.63, 3.8) is 0 Å². The molecule has 160 valence electrons. The zero-order chi connectivity index (χ0) is 22.3. The second-order valence-electron chi connectivity index (χ2n) is 6.66. The lowest BCUT2D eigenvalue weighted by molar-refractivity contribution is -0.137. The van der Waals surface area contributed by atoms with E-state index in [1.165, 1.54) is 11.0 Å². The van der Waals surface area contributed by atoms with Crippen molar-refractivity contribution in [3.05, 3.63) is 63.0 Å². The Morgan fingerprint density at radius 3 is 2.68 bits per heavy atom. The normalized spacial score (nSPS) is 17.6. The predicted molar refractivity (Wildman–Crippen MR) is 116 cm³/mol. The van der Waals surface area contributed by atoms with E-state index in [0.717, 1.165) is 23.9 Å². The smallest absolute Gasteiger partial charge is 0.417 e. The molecule has 2 amide bonds. The molecule has 2 aromatic rings. The molecule has 0 unspecified atom stereocenters. The number of alkyl halides is 3. The number of carbonyl (C=O) groups excluding carboxylic acids is 2. The SMILES string of the molecule is O=C1NC(=S)SC1=Cc1ccc2c(c1)N(Cc1ccc(Cl)c(C(F)(F)F)c1)C(=O)CO2. The monoisotopic (exact) mass is 484 g/mol. The Bertz CT molecular complexity index is 1150. The molecule has 4 rings (SSSR count). The molecule has 0 aliphatic carbocycles. The molecular formula is C20H12ClF3N2O3S2. The average molecular weight is 485 g/mol. The van der Waals surface area contributed by atoms with Crippen molar-refractivity contribution in [2.24, 2.45) is 0 Å². The number of nitrogens with zero attached hydrogens (tertiary/aromatic N) is 1. The molecule has 5 nitrogen and oxygen atoms in total. The van der Waals surface area contributed by atoms with Crippen LogP contribution in [0.5, 0.6) is 5.75 Å². The minimum atomic E-state index is -4.61. The van der Waals surface area contributed by atoms with Crippen LogP contribution in [0.1, 0.15) is 16.7 Å². The lowest BCUT2D eigenvalue weighted by Crippen LogP contribution is -2.38. The number of halogens is 4. The van der Waals surface area contributed by atoms with Crippen LogP contribution in [-0.4, -0.2) is 22.7 Å². The lowest BCUT2D eigenvalue weighted by atomic mass is 10.1. The highest BCUT2D eigenvalue weighted by molar-refractivity contribution is 8.26. The van der Waals surface area contributed by atoms with Crippen LogP contribution < -0.4 is 15.0 Å². The molecule has 11 heteroatoms. The molecule has 2 heterocycles. The van der Waals surface area contributed by atoms with E-state index in [9.17, 15) is 22.8 Å². The van der Waals surface area contributed by atoms with Crippen molar-refractivity contribution < 1.29 is 27.5 Å². The summed E-state index contributed by atoms with van der Waals surface area (Å²) in [6, 6.07) is 8.50. The van der Waals surface area contributed by atoms with E-state index < -0.39 is 22.7 Å². The highest BCUT2D eigenvalue weighted by Crippen LogP contribution is 2.38. The first-order chi connectivity index (χ1) is 14.6. The number of benzene rings is 2. The number of carbonyl (C=O) groups is 2. The summed E-state index contributed by atoms with van der Waals surface area (Å²) in [5.41, 5.74) is 0.292. The van der Waals surface area contributed by atoms with Gasteiger partial charge in [-0.2, -0.15) is 13.2 Å². The van der Waals surface area contributed by atoms with Crippen molar-refractivity contribution >= 4 is 63.5 Å². The van der Waals surface area contributed by atoms with E-state index in [4.69, 9.17) is 28.6 Å². The number of hydrogen-bond donors (Lipinski definition) is 1. The largest absolute Gasteiger partial charge is 0.482 e. The maximum atomic E-state index is 13.2.